The van der Waals surface area contributed by atoms with Gasteiger partial charge in [-0.15, -0.1) is 5.10 Å². The fourth-order valence-electron chi connectivity index (χ4n) is 5.36. The van der Waals surface area contributed by atoms with Gasteiger partial charge < -0.3 is 0 Å². The zero-order valence-electron chi connectivity index (χ0n) is 21.4. The number of hydrogen-bond acceptors (Lipinski definition) is 5. The first-order valence-corrected chi connectivity index (χ1v) is 13.6. The minimum atomic E-state index is 0.676. The highest BCUT2D eigenvalue weighted by atomic mass is 15.5. The molecule has 1 saturated carbocycles. The summed E-state index contributed by atoms with van der Waals surface area (Å²) in [7, 11) is 0. The quantitative estimate of drug-likeness (QED) is 0.249. The number of benzene rings is 2. The zero-order chi connectivity index (χ0) is 24.6. The molecular formula is C29H37N7. The highest BCUT2D eigenvalue weighted by molar-refractivity contribution is 5.80. The lowest BCUT2D eigenvalue weighted by Crippen LogP contribution is -2.08. The summed E-state index contributed by atoms with van der Waals surface area (Å²) < 4.78 is 2.15. The van der Waals surface area contributed by atoms with E-state index in [1.165, 1.54) is 63.4 Å². The van der Waals surface area contributed by atoms with Gasteiger partial charge in [0.05, 0.1) is 6.54 Å². The Kier molecular flexibility index (Phi) is 8.16. The van der Waals surface area contributed by atoms with Crippen LogP contribution in [0.15, 0.2) is 48.5 Å². The number of aromatic nitrogens is 7. The first kappa shape index (κ1) is 24.3. The van der Waals surface area contributed by atoms with Crippen LogP contribution in [0.25, 0.3) is 22.5 Å². The van der Waals surface area contributed by atoms with E-state index in [1.807, 2.05) is 18.2 Å². The summed E-state index contributed by atoms with van der Waals surface area (Å²) in [6, 6.07) is 16.9. The maximum atomic E-state index is 5.00. The predicted molar refractivity (Wildman–Crippen MR) is 142 cm³/mol. The van der Waals surface area contributed by atoms with Gasteiger partial charge in [-0.2, -0.15) is 5.10 Å². The molecule has 0 aliphatic heterocycles. The molecule has 1 fully saturated rings. The summed E-state index contributed by atoms with van der Waals surface area (Å²) in [6.07, 6.45) is 13.8. The molecule has 2 aromatic heterocycles. The minimum absolute atomic E-state index is 0.676. The maximum Gasteiger partial charge on any atom is 0.180 e. The largest absolute Gasteiger partial charge is 0.245 e. The number of nitrogens with zero attached hydrogens (tertiary/aromatic N) is 6. The van der Waals surface area contributed by atoms with E-state index >= 15 is 0 Å². The maximum absolute atomic E-state index is 5.00. The normalized spacial score (nSPS) is 14.4. The van der Waals surface area contributed by atoms with Crippen LogP contribution in [0.1, 0.15) is 81.9 Å². The van der Waals surface area contributed by atoms with E-state index in [2.05, 4.69) is 62.6 Å². The predicted octanol–water partition coefficient (Wildman–Crippen LogP) is 6.42. The van der Waals surface area contributed by atoms with Gasteiger partial charge in [-0.1, -0.05) is 100 Å². The van der Waals surface area contributed by atoms with E-state index in [0.717, 1.165) is 53.6 Å². The van der Waals surface area contributed by atoms with Gasteiger partial charge >= 0.3 is 0 Å². The molecule has 1 N–H and O–H groups in total. The fourth-order valence-corrected chi connectivity index (χ4v) is 5.36. The second-order valence-corrected chi connectivity index (χ2v) is 10.1. The summed E-state index contributed by atoms with van der Waals surface area (Å²) in [5.74, 6) is 3.69. The van der Waals surface area contributed by atoms with Crippen molar-refractivity contribution in [2.75, 3.05) is 0 Å². The monoisotopic (exact) mass is 483 g/mol. The number of aryl methyl sites for hydroxylation is 2. The lowest BCUT2D eigenvalue weighted by Gasteiger charge is -2.20. The molecule has 0 amide bonds. The van der Waals surface area contributed by atoms with Crippen molar-refractivity contribution in [3.8, 4) is 22.5 Å². The van der Waals surface area contributed by atoms with E-state index in [1.54, 1.807) is 0 Å². The topological polar surface area (TPSA) is 85.2 Å². The number of aromatic amines is 1. The second kappa shape index (κ2) is 12.1. The first-order chi connectivity index (χ1) is 17.8. The second-order valence-electron chi connectivity index (χ2n) is 10.1. The Balaban J connectivity index is 1.31. The molecule has 2 heterocycles. The van der Waals surface area contributed by atoms with Gasteiger partial charge in [0.2, 0.25) is 0 Å². The van der Waals surface area contributed by atoms with Crippen LogP contribution in [0.3, 0.4) is 0 Å². The molecule has 4 aromatic rings. The van der Waals surface area contributed by atoms with Gasteiger partial charge in [-0.25, -0.2) is 14.8 Å². The van der Waals surface area contributed by atoms with Crippen LogP contribution in [0, 0.1) is 5.92 Å². The summed E-state index contributed by atoms with van der Waals surface area (Å²) in [5.41, 5.74) is 4.47. The third-order valence-electron chi connectivity index (χ3n) is 7.42. The van der Waals surface area contributed by atoms with Crippen LogP contribution in [0.4, 0.5) is 0 Å². The molecule has 5 rings (SSSR count). The van der Waals surface area contributed by atoms with E-state index in [0.29, 0.717) is 5.82 Å². The van der Waals surface area contributed by atoms with Crippen molar-refractivity contribution < 1.29 is 0 Å². The molecule has 36 heavy (non-hydrogen) atoms. The number of hydrogen-bond donors (Lipinski definition) is 1. The molecule has 0 atom stereocenters. The highest BCUT2D eigenvalue weighted by Crippen LogP contribution is 2.30. The van der Waals surface area contributed by atoms with E-state index in [-0.39, 0.29) is 0 Å². The van der Waals surface area contributed by atoms with E-state index < -0.39 is 0 Å². The standard InChI is InChI=1S/C29H37N7/c1-2-3-5-14-28-30-27(20-17-22-10-6-4-7-11-22)33-36(28)21-23-15-18-24(19-16-23)25-12-8-9-13-26(25)29-31-34-35-32-29/h8-9,12-13,15-16,18-19,22H,2-7,10-11,14,17,20-21H2,1H3,(H,31,32,34,35). The van der Waals surface area contributed by atoms with Crippen LogP contribution < -0.4 is 0 Å². The highest BCUT2D eigenvalue weighted by Gasteiger charge is 2.16. The van der Waals surface area contributed by atoms with Gasteiger partial charge in [0.25, 0.3) is 0 Å². The summed E-state index contributed by atoms with van der Waals surface area (Å²) in [6.45, 7) is 3.00. The Morgan fingerprint density at radius 1 is 0.917 bits per heavy atom. The van der Waals surface area contributed by atoms with Crippen molar-refractivity contribution in [3.63, 3.8) is 0 Å². The molecule has 7 nitrogen and oxygen atoms in total. The number of nitrogens with one attached hydrogen (secondary N) is 1. The lowest BCUT2D eigenvalue weighted by molar-refractivity contribution is 0.337. The van der Waals surface area contributed by atoms with Crippen LogP contribution in [0.2, 0.25) is 0 Å². The zero-order valence-corrected chi connectivity index (χ0v) is 21.4. The fraction of sp³-hybridized carbons (Fsp3) is 0.483. The van der Waals surface area contributed by atoms with Gasteiger partial charge in [0.15, 0.2) is 11.6 Å². The van der Waals surface area contributed by atoms with Crippen LogP contribution >= 0.6 is 0 Å². The molecule has 7 heteroatoms. The van der Waals surface area contributed by atoms with Crippen LogP contribution in [-0.2, 0) is 19.4 Å². The van der Waals surface area contributed by atoms with E-state index in [4.69, 9.17) is 10.1 Å². The molecule has 0 bridgehead atoms. The van der Waals surface area contributed by atoms with Crippen LogP contribution in [-0.4, -0.2) is 35.4 Å². The molecule has 0 unspecified atom stereocenters. The molecule has 0 saturated heterocycles. The van der Waals surface area contributed by atoms with Crippen molar-refractivity contribution in [1.82, 2.24) is 35.4 Å². The average molecular weight is 484 g/mol. The Morgan fingerprint density at radius 3 is 2.47 bits per heavy atom. The Bertz CT molecular complexity index is 1200. The average Bonchev–Trinajstić information content (AvgIpc) is 3.59. The molecule has 1 aliphatic carbocycles. The van der Waals surface area contributed by atoms with E-state index in [9.17, 15) is 0 Å². The molecule has 0 radical (unpaired) electrons. The molecule has 1 aliphatic rings. The number of unbranched alkanes of at least 4 members (excludes halogenated alkanes) is 2. The van der Waals surface area contributed by atoms with Crippen LogP contribution in [0.5, 0.6) is 0 Å². The minimum Gasteiger partial charge on any atom is -0.245 e. The van der Waals surface area contributed by atoms with Gasteiger partial charge in [0.1, 0.15) is 5.82 Å². The first-order valence-electron chi connectivity index (χ1n) is 13.6. The van der Waals surface area contributed by atoms with Crippen molar-refractivity contribution in [2.24, 2.45) is 5.92 Å². The Morgan fingerprint density at radius 2 is 1.72 bits per heavy atom. The summed E-state index contributed by atoms with van der Waals surface area (Å²) in [5, 5.41) is 19.4. The third-order valence-corrected chi connectivity index (χ3v) is 7.42. The molecule has 188 valence electrons. The molecule has 0 spiro atoms. The number of rotatable bonds is 11. The molecule has 2 aromatic carbocycles. The smallest absolute Gasteiger partial charge is 0.180 e. The summed E-state index contributed by atoms with van der Waals surface area (Å²) >= 11 is 0. The van der Waals surface area contributed by atoms with Crippen molar-refractivity contribution in [2.45, 2.75) is 84.1 Å². The van der Waals surface area contributed by atoms with Gasteiger partial charge in [-0.05, 0) is 45.9 Å². The lowest BCUT2D eigenvalue weighted by atomic mass is 9.86. The SMILES string of the molecule is CCCCCc1nc(CCC2CCCCC2)nn1Cc1ccc(-c2ccccc2-c2nnn[nH]2)cc1. The van der Waals surface area contributed by atoms with Crippen molar-refractivity contribution in [1.29, 1.82) is 0 Å². The van der Waals surface area contributed by atoms with Gasteiger partial charge in [0, 0.05) is 18.4 Å². The number of H-pyrrole nitrogens is 1. The number of tetrazole rings is 1. The molecular weight excluding hydrogens is 446 g/mol. The van der Waals surface area contributed by atoms with Crippen molar-refractivity contribution in [3.05, 3.63) is 65.7 Å². The summed E-state index contributed by atoms with van der Waals surface area (Å²) in [4.78, 5) is 5.00. The Labute approximate surface area is 213 Å². The van der Waals surface area contributed by atoms with Crippen molar-refractivity contribution >= 4 is 0 Å². The third kappa shape index (κ3) is 6.07. The van der Waals surface area contributed by atoms with Gasteiger partial charge in [-0.3, -0.25) is 0 Å². The Hall–Kier alpha value is -3.35.